The molecule has 3 rings (SSSR count). The number of pyridine rings is 1. The number of carbonyl (C=O) groups excluding carboxylic acids is 1. The number of hydrogen-bond donors (Lipinski definition) is 1. The number of aromatic nitrogens is 1. The number of rotatable bonds is 7. The van der Waals surface area contributed by atoms with Crippen molar-refractivity contribution in [3.63, 3.8) is 0 Å². The molecule has 0 spiro atoms. The smallest absolute Gasteiger partial charge is 0.256 e. The van der Waals surface area contributed by atoms with Crippen LogP contribution >= 0.6 is 0 Å². The van der Waals surface area contributed by atoms with Gasteiger partial charge in [-0.2, -0.15) is 0 Å². The Labute approximate surface area is 167 Å². The van der Waals surface area contributed by atoms with E-state index in [2.05, 4.69) is 58.8 Å². The highest BCUT2D eigenvalue weighted by Gasteiger charge is 2.29. The van der Waals surface area contributed by atoms with Crippen LogP contribution in [0.25, 0.3) is 0 Å². The number of carbonyl (C=O) groups is 1. The summed E-state index contributed by atoms with van der Waals surface area (Å²) in [6.45, 7) is 7.79. The number of anilines is 1. The van der Waals surface area contributed by atoms with Gasteiger partial charge in [0.2, 0.25) is 0 Å². The van der Waals surface area contributed by atoms with E-state index >= 15 is 0 Å². The Morgan fingerprint density at radius 2 is 2.25 bits per heavy atom. The molecule has 0 aliphatic carbocycles. The molecule has 3 heterocycles. The number of aliphatic imine (C=N–C) groups is 1. The lowest BCUT2D eigenvalue weighted by Gasteiger charge is -2.43. The van der Waals surface area contributed by atoms with Crippen LogP contribution in [-0.4, -0.2) is 55.2 Å². The molecule has 148 valence electrons. The normalized spacial score (nSPS) is 19.4. The summed E-state index contributed by atoms with van der Waals surface area (Å²) in [6, 6.07) is 4.12. The minimum Gasteiger partial charge on any atom is -0.353 e. The summed E-state index contributed by atoms with van der Waals surface area (Å²) in [6.07, 6.45) is 11.3. The summed E-state index contributed by atoms with van der Waals surface area (Å²) in [4.78, 5) is 25.8. The average Bonchev–Trinajstić information content (AvgIpc) is 2.62. The van der Waals surface area contributed by atoms with Crippen LogP contribution in [0.15, 0.2) is 59.5 Å². The van der Waals surface area contributed by atoms with Gasteiger partial charge in [0.05, 0.1) is 0 Å². The molecule has 2 aliphatic heterocycles. The van der Waals surface area contributed by atoms with Crippen LogP contribution in [0.2, 0.25) is 0 Å². The third-order valence-corrected chi connectivity index (χ3v) is 5.10. The van der Waals surface area contributed by atoms with E-state index in [1.807, 2.05) is 24.4 Å². The number of hydrogen-bond acceptors (Lipinski definition) is 5. The first-order valence-electron chi connectivity index (χ1n) is 9.71. The molecule has 1 N–H and O–H groups in total. The molecule has 6 heteroatoms. The highest BCUT2D eigenvalue weighted by molar-refractivity contribution is 5.96. The number of amides is 1. The van der Waals surface area contributed by atoms with Gasteiger partial charge in [0, 0.05) is 37.1 Å². The van der Waals surface area contributed by atoms with Crippen LogP contribution in [-0.2, 0) is 0 Å². The number of allylic oxidation sites excluding steroid dienone is 4. The second-order valence-electron chi connectivity index (χ2n) is 7.67. The molecule has 1 atom stereocenters. The number of nitrogens with zero attached hydrogens (tertiary/aromatic N) is 4. The lowest BCUT2D eigenvalue weighted by Crippen LogP contribution is -2.57. The molecule has 6 nitrogen and oxygen atoms in total. The zero-order valence-electron chi connectivity index (χ0n) is 16.9. The van der Waals surface area contributed by atoms with Gasteiger partial charge in [-0.15, -0.1) is 6.58 Å². The highest BCUT2D eigenvalue weighted by atomic mass is 16.1. The Morgan fingerprint density at radius 1 is 1.46 bits per heavy atom. The first-order chi connectivity index (χ1) is 13.5. The van der Waals surface area contributed by atoms with Crippen molar-refractivity contribution in [3.8, 4) is 0 Å². The molecule has 2 aliphatic rings. The van der Waals surface area contributed by atoms with Gasteiger partial charge in [0.25, 0.3) is 5.91 Å². The predicted octanol–water partition coefficient (Wildman–Crippen LogP) is 3.02. The molecular formula is C22H29N5O. The summed E-state index contributed by atoms with van der Waals surface area (Å²) in [5, 5.41) is 2.89. The second kappa shape index (κ2) is 8.97. The largest absolute Gasteiger partial charge is 0.353 e. The molecule has 0 bridgehead atoms. The molecule has 1 saturated heterocycles. The molecule has 28 heavy (non-hydrogen) atoms. The minimum atomic E-state index is -0.163. The zero-order valence-corrected chi connectivity index (χ0v) is 16.9. The summed E-state index contributed by atoms with van der Waals surface area (Å²) in [5.41, 5.74) is 1.75. The monoisotopic (exact) mass is 379 g/mol. The van der Waals surface area contributed by atoms with Gasteiger partial charge in [0.1, 0.15) is 11.6 Å². The molecule has 1 aromatic heterocycles. The topological polar surface area (TPSA) is 60.8 Å². The molecule has 1 amide bonds. The van der Waals surface area contributed by atoms with Gasteiger partial charge in [-0.1, -0.05) is 19.1 Å². The van der Waals surface area contributed by atoms with Crippen LogP contribution in [0.5, 0.6) is 0 Å². The second-order valence-corrected chi connectivity index (χ2v) is 7.67. The Balaban J connectivity index is 1.57. The van der Waals surface area contributed by atoms with Gasteiger partial charge in [0.15, 0.2) is 0 Å². The summed E-state index contributed by atoms with van der Waals surface area (Å²) >= 11 is 0. The maximum Gasteiger partial charge on any atom is 0.256 e. The Hall–Kier alpha value is -2.73. The fourth-order valence-corrected chi connectivity index (χ4v) is 3.25. The lowest BCUT2D eigenvalue weighted by atomic mass is 10.0. The van der Waals surface area contributed by atoms with Gasteiger partial charge in [-0.05, 0) is 56.6 Å². The fraction of sp³-hybridized carbons (Fsp3) is 0.409. The molecule has 0 aromatic carbocycles. The molecule has 0 saturated carbocycles. The maximum atomic E-state index is 12.6. The quantitative estimate of drug-likeness (QED) is 0.740. The van der Waals surface area contributed by atoms with Crippen molar-refractivity contribution < 1.29 is 4.79 Å². The Kier molecular flexibility index (Phi) is 6.41. The van der Waals surface area contributed by atoms with Crippen LogP contribution < -0.4 is 10.2 Å². The van der Waals surface area contributed by atoms with Crippen molar-refractivity contribution in [2.45, 2.75) is 25.8 Å². The average molecular weight is 380 g/mol. The van der Waals surface area contributed by atoms with Crippen molar-refractivity contribution in [2.75, 3.05) is 32.1 Å². The van der Waals surface area contributed by atoms with Crippen LogP contribution in [0.4, 0.5) is 5.82 Å². The molecular weight excluding hydrogens is 350 g/mol. The third-order valence-electron chi connectivity index (χ3n) is 5.10. The standard InChI is InChI=1S/C22H29N5O/c1-5-6-16(2)11-17-7-8-20(24-13-17)25-22(28)18-9-10-23-21(12-18)27-14-19(15-27)26(3)4/h5,8-13,16,19H,1,6-7,14-15H2,2-4H3,(H,25,28)/b17-11+. The van der Waals surface area contributed by atoms with Crippen molar-refractivity contribution >= 4 is 17.9 Å². The summed E-state index contributed by atoms with van der Waals surface area (Å²) in [7, 11) is 4.16. The fourth-order valence-electron chi connectivity index (χ4n) is 3.25. The van der Waals surface area contributed by atoms with E-state index in [4.69, 9.17) is 0 Å². The number of likely N-dealkylation sites (N-methyl/N-ethyl adjacent to an activating group) is 1. The molecule has 0 radical (unpaired) electrons. The summed E-state index contributed by atoms with van der Waals surface area (Å²) in [5.74, 6) is 1.71. The van der Waals surface area contributed by atoms with Crippen molar-refractivity contribution in [3.05, 3.63) is 60.1 Å². The van der Waals surface area contributed by atoms with Crippen molar-refractivity contribution in [1.82, 2.24) is 15.2 Å². The lowest BCUT2D eigenvalue weighted by molar-refractivity contribution is 0.0965. The van der Waals surface area contributed by atoms with Crippen LogP contribution in [0.3, 0.4) is 0 Å². The van der Waals surface area contributed by atoms with Gasteiger partial charge in [-0.25, -0.2) is 9.98 Å². The Morgan fingerprint density at radius 3 is 2.89 bits per heavy atom. The van der Waals surface area contributed by atoms with Gasteiger partial charge >= 0.3 is 0 Å². The van der Waals surface area contributed by atoms with Gasteiger partial charge < -0.3 is 15.1 Å². The molecule has 1 fully saturated rings. The SMILES string of the molecule is C=CCC(C)/C=C1/C=NC(NC(=O)c2ccnc(N3CC(N(C)C)C3)c2)=CC1. The maximum absolute atomic E-state index is 12.6. The van der Waals surface area contributed by atoms with Gasteiger partial charge in [-0.3, -0.25) is 4.79 Å². The predicted molar refractivity (Wildman–Crippen MR) is 115 cm³/mol. The van der Waals surface area contributed by atoms with E-state index in [0.717, 1.165) is 37.3 Å². The van der Waals surface area contributed by atoms with E-state index < -0.39 is 0 Å². The molecule has 1 aromatic rings. The Bertz CT molecular complexity index is 818. The summed E-state index contributed by atoms with van der Waals surface area (Å²) < 4.78 is 0. The zero-order chi connectivity index (χ0) is 20.1. The molecule has 1 unspecified atom stereocenters. The van der Waals surface area contributed by atoms with E-state index in [9.17, 15) is 4.79 Å². The minimum absolute atomic E-state index is 0.163. The van der Waals surface area contributed by atoms with Crippen molar-refractivity contribution in [2.24, 2.45) is 10.9 Å². The van der Waals surface area contributed by atoms with E-state index in [1.54, 1.807) is 12.3 Å². The van der Waals surface area contributed by atoms with E-state index in [0.29, 0.717) is 23.3 Å². The first kappa shape index (κ1) is 20.0. The van der Waals surface area contributed by atoms with Crippen LogP contribution in [0, 0.1) is 5.92 Å². The number of nitrogens with one attached hydrogen (secondary N) is 1. The first-order valence-corrected chi connectivity index (χ1v) is 9.71. The van der Waals surface area contributed by atoms with Crippen molar-refractivity contribution in [1.29, 1.82) is 0 Å². The van der Waals surface area contributed by atoms with Crippen LogP contribution in [0.1, 0.15) is 30.1 Å². The van der Waals surface area contributed by atoms with E-state index in [-0.39, 0.29) is 5.91 Å². The third kappa shape index (κ3) is 4.95. The van der Waals surface area contributed by atoms with E-state index in [1.165, 1.54) is 0 Å². The highest BCUT2D eigenvalue weighted by Crippen LogP contribution is 2.21.